The number of carbonyl (C=O) groups is 1. The molecule has 4 N–H and O–H groups in total. The molecule has 100 valence electrons. The minimum Gasteiger partial charge on any atom is -0.382 e. The smallest absolute Gasteiger partial charge is 0.261 e. The van der Waals surface area contributed by atoms with Crippen molar-refractivity contribution in [2.75, 3.05) is 11.1 Å². The summed E-state index contributed by atoms with van der Waals surface area (Å²) >= 11 is 0. The number of aromatic amines is 1. The van der Waals surface area contributed by atoms with Crippen molar-refractivity contribution >= 4 is 17.4 Å². The van der Waals surface area contributed by atoms with E-state index in [1.807, 2.05) is 25.1 Å². The highest BCUT2D eigenvalue weighted by molar-refractivity contribution is 6.08. The fourth-order valence-corrected chi connectivity index (χ4v) is 2.11. The summed E-state index contributed by atoms with van der Waals surface area (Å²) in [6.07, 6.45) is 0.858. The molecule has 1 aromatic carbocycles. The van der Waals surface area contributed by atoms with Gasteiger partial charge in [0.15, 0.2) is 5.82 Å². The van der Waals surface area contributed by atoms with Gasteiger partial charge in [0.2, 0.25) is 0 Å². The summed E-state index contributed by atoms with van der Waals surface area (Å²) in [5, 5.41) is 9.48. The van der Waals surface area contributed by atoms with Gasteiger partial charge in [-0.2, -0.15) is 5.10 Å². The molecule has 5 heteroatoms. The monoisotopic (exact) mass is 258 g/mol. The molecule has 0 unspecified atom stereocenters. The van der Waals surface area contributed by atoms with Gasteiger partial charge in [-0.05, 0) is 31.4 Å². The van der Waals surface area contributed by atoms with Crippen molar-refractivity contribution in [2.24, 2.45) is 0 Å². The lowest BCUT2D eigenvalue weighted by molar-refractivity contribution is 0.102. The van der Waals surface area contributed by atoms with Crippen molar-refractivity contribution in [3.05, 3.63) is 40.6 Å². The summed E-state index contributed by atoms with van der Waals surface area (Å²) in [6.45, 7) is 5.80. The van der Waals surface area contributed by atoms with Crippen molar-refractivity contribution in [2.45, 2.75) is 27.2 Å². The van der Waals surface area contributed by atoms with Crippen LogP contribution in [0.25, 0.3) is 0 Å². The van der Waals surface area contributed by atoms with Gasteiger partial charge in [-0.25, -0.2) is 0 Å². The number of para-hydroxylation sites is 1. The maximum Gasteiger partial charge on any atom is 0.261 e. The van der Waals surface area contributed by atoms with Gasteiger partial charge in [-0.3, -0.25) is 9.89 Å². The molecule has 0 aliphatic rings. The van der Waals surface area contributed by atoms with Gasteiger partial charge in [0.25, 0.3) is 5.91 Å². The number of amides is 1. The van der Waals surface area contributed by atoms with Crippen molar-refractivity contribution in [3.8, 4) is 0 Å². The number of H-pyrrole nitrogens is 1. The number of hydrogen-bond acceptors (Lipinski definition) is 3. The van der Waals surface area contributed by atoms with Gasteiger partial charge in [-0.1, -0.05) is 25.1 Å². The first-order chi connectivity index (χ1) is 9.04. The molecule has 5 nitrogen and oxygen atoms in total. The molecule has 19 heavy (non-hydrogen) atoms. The number of anilines is 2. The summed E-state index contributed by atoms with van der Waals surface area (Å²) in [6, 6.07) is 5.97. The van der Waals surface area contributed by atoms with E-state index >= 15 is 0 Å². The third-order valence-corrected chi connectivity index (χ3v) is 3.18. The van der Waals surface area contributed by atoms with Crippen LogP contribution >= 0.6 is 0 Å². The molecule has 0 aliphatic heterocycles. The SMILES string of the molecule is CCc1cccc(C)c1NC(=O)c1c(N)n[nH]c1C. The van der Waals surface area contributed by atoms with Gasteiger partial charge in [-0.15, -0.1) is 0 Å². The third-order valence-electron chi connectivity index (χ3n) is 3.18. The van der Waals surface area contributed by atoms with E-state index in [9.17, 15) is 4.79 Å². The van der Waals surface area contributed by atoms with Crippen LogP contribution in [-0.4, -0.2) is 16.1 Å². The summed E-state index contributed by atoms with van der Waals surface area (Å²) in [5.74, 6) is -0.00520. The lowest BCUT2D eigenvalue weighted by Gasteiger charge is -2.12. The zero-order valence-corrected chi connectivity index (χ0v) is 11.4. The Hall–Kier alpha value is -2.30. The number of aromatic nitrogens is 2. The lowest BCUT2D eigenvalue weighted by atomic mass is 10.1. The Bertz CT molecular complexity index is 596. The van der Waals surface area contributed by atoms with Crippen LogP contribution in [0.1, 0.15) is 34.1 Å². The van der Waals surface area contributed by atoms with Gasteiger partial charge >= 0.3 is 0 Å². The number of nitrogens with two attached hydrogens (primary N) is 1. The minimum atomic E-state index is -0.229. The number of carbonyl (C=O) groups excluding carboxylic acids is 1. The molecule has 1 heterocycles. The topological polar surface area (TPSA) is 83.8 Å². The second-order valence-corrected chi connectivity index (χ2v) is 4.53. The second-order valence-electron chi connectivity index (χ2n) is 4.53. The molecule has 1 aromatic heterocycles. The van der Waals surface area contributed by atoms with Gasteiger partial charge in [0.05, 0.1) is 0 Å². The second kappa shape index (κ2) is 5.14. The van der Waals surface area contributed by atoms with Crippen LogP contribution in [0.4, 0.5) is 11.5 Å². The predicted octanol–water partition coefficient (Wildman–Crippen LogP) is 2.42. The van der Waals surface area contributed by atoms with E-state index in [0.29, 0.717) is 11.3 Å². The summed E-state index contributed by atoms with van der Waals surface area (Å²) in [7, 11) is 0. The first kappa shape index (κ1) is 13.1. The number of nitrogen functional groups attached to an aromatic ring is 1. The van der Waals surface area contributed by atoms with E-state index in [0.717, 1.165) is 23.2 Å². The first-order valence-electron chi connectivity index (χ1n) is 6.24. The van der Waals surface area contributed by atoms with E-state index in [2.05, 4.69) is 22.4 Å². The number of rotatable bonds is 3. The number of benzene rings is 1. The average Bonchev–Trinajstić information content (AvgIpc) is 2.71. The number of aryl methyl sites for hydroxylation is 3. The highest BCUT2D eigenvalue weighted by atomic mass is 16.1. The van der Waals surface area contributed by atoms with E-state index in [1.165, 1.54) is 0 Å². The highest BCUT2D eigenvalue weighted by Crippen LogP contribution is 2.23. The molecular weight excluding hydrogens is 240 g/mol. The summed E-state index contributed by atoms with van der Waals surface area (Å²) < 4.78 is 0. The maximum atomic E-state index is 12.3. The predicted molar refractivity (Wildman–Crippen MR) is 76.2 cm³/mol. The van der Waals surface area contributed by atoms with Crippen molar-refractivity contribution in [3.63, 3.8) is 0 Å². The molecule has 0 saturated carbocycles. The van der Waals surface area contributed by atoms with Crippen LogP contribution in [0.5, 0.6) is 0 Å². The Morgan fingerprint density at radius 3 is 2.74 bits per heavy atom. The fourth-order valence-electron chi connectivity index (χ4n) is 2.11. The largest absolute Gasteiger partial charge is 0.382 e. The molecule has 0 fully saturated rings. The Balaban J connectivity index is 2.35. The van der Waals surface area contributed by atoms with E-state index in [1.54, 1.807) is 6.92 Å². The standard InChI is InChI=1S/C14H18N4O/c1-4-10-7-5-6-8(2)12(10)16-14(19)11-9(3)17-18-13(11)15/h5-7H,4H2,1-3H3,(H,16,19)(H3,15,17,18). The van der Waals surface area contributed by atoms with E-state index < -0.39 is 0 Å². The van der Waals surface area contributed by atoms with Crippen LogP contribution < -0.4 is 11.1 Å². The van der Waals surface area contributed by atoms with Crippen LogP contribution in [0, 0.1) is 13.8 Å². The van der Waals surface area contributed by atoms with Crippen LogP contribution in [-0.2, 0) is 6.42 Å². The minimum absolute atomic E-state index is 0.224. The highest BCUT2D eigenvalue weighted by Gasteiger charge is 2.17. The normalized spacial score (nSPS) is 10.5. The molecule has 0 aliphatic carbocycles. The Labute approximate surface area is 112 Å². The zero-order valence-electron chi connectivity index (χ0n) is 11.4. The number of hydrogen-bond donors (Lipinski definition) is 3. The Kier molecular flexibility index (Phi) is 3.55. The Morgan fingerprint density at radius 1 is 1.42 bits per heavy atom. The van der Waals surface area contributed by atoms with Gasteiger partial charge in [0, 0.05) is 11.4 Å². The molecule has 0 radical (unpaired) electrons. The van der Waals surface area contributed by atoms with Crippen LogP contribution in [0.2, 0.25) is 0 Å². The molecule has 0 spiro atoms. The van der Waals surface area contributed by atoms with Crippen LogP contribution in [0.3, 0.4) is 0 Å². The summed E-state index contributed by atoms with van der Waals surface area (Å²) in [4.78, 5) is 12.3. The van der Waals surface area contributed by atoms with Crippen molar-refractivity contribution in [1.82, 2.24) is 10.2 Å². The lowest BCUT2D eigenvalue weighted by Crippen LogP contribution is -2.16. The van der Waals surface area contributed by atoms with Gasteiger partial charge in [0.1, 0.15) is 5.56 Å². The fraction of sp³-hybridized carbons (Fsp3) is 0.286. The molecule has 0 bridgehead atoms. The molecular formula is C14H18N4O. The molecule has 0 atom stereocenters. The quantitative estimate of drug-likeness (QED) is 0.790. The first-order valence-corrected chi connectivity index (χ1v) is 6.24. The van der Waals surface area contributed by atoms with Crippen molar-refractivity contribution in [1.29, 1.82) is 0 Å². The Morgan fingerprint density at radius 2 is 2.16 bits per heavy atom. The van der Waals surface area contributed by atoms with E-state index in [4.69, 9.17) is 5.73 Å². The third kappa shape index (κ3) is 2.45. The molecule has 2 aromatic rings. The van der Waals surface area contributed by atoms with Gasteiger partial charge < -0.3 is 11.1 Å². The van der Waals surface area contributed by atoms with Crippen molar-refractivity contribution < 1.29 is 4.79 Å². The molecule has 2 rings (SSSR count). The average molecular weight is 258 g/mol. The molecule has 1 amide bonds. The maximum absolute atomic E-state index is 12.3. The van der Waals surface area contributed by atoms with Crippen LogP contribution in [0.15, 0.2) is 18.2 Å². The zero-order chi connectivity index (χ0) is 14.0. The van der Waals surface area contributed by atoms with E-state index in [-0.39, 0.29) is 11.7 Å². The molecule has 0 saturated heterocycles. The number of nitrogens with zero attached hydrogens (tertiary/aromatic N) is 1. The number of nitrogens with one attached hydrogen (secondary N) is 2. The summed E-state index contributed by atoms with van der Waals surface area (Å²) in [5.41, 5.74) is 9.77.